The fourth-order valence-electron chi connectivity index (χ4n) is 2.54. The number of ether oxygens (including phenoxy) is 1. The van der Waals surface area contributed by atoms with E-state index in [0.29, 0.717) is 27.9 Å². The highest BCUT2D eigenvalue weighted by molar-refractivity contribution is 6.06. The predicted octanol–water partition coefficient (Wildman–Crippen LogP) is 3.19. The first-order chi connectivity index (χ1) is 11.6. The van der Waals surface area contributed by atoms with Crippen LogP contribution in [0.25, 0.3) is 10.8 Å². The van der Waals surface area contributed by atoms with Crippen molar-refractivity contribution in [1.82, 2.24) is 4.57 Å². The number of para-hydroxylation sites is 2. The van der Waals surface area contributed by atoms with Gasteiger partial charge in [0.2, 0.25) is 0 Å². The van der Waals surface area contributed by atoms with E-state index in [9.17, 15) is 9.59 Å². The highest BCUT2D eigenvalue weighted by Crippen LogP contribution is 2.24. The summed E-state index contributed by atoms with van der Waals surface area (Å²) >= 11 is 0. The van der Waals surface area contributed by atoms with Crippen LogP contribution in [0.2, 0.25) is 0 Å². The van der Waals surface area contributed by atoms with Crippen molar-refractivity contribution in [2.75, 3.05) is 17.7 Å². The average Bonchev–Trinajstić information content (AvgIpc) is 2.60. The Hall–Kier alpha value is -3.28. The van der Waals surface area contributed by atoms with Crippen molar-refractivity contribution in [3.63, 3.8) is 0 Å². The van der Waals surface area contributed by atoms with Gasteiger partial charge in [0, 0.05) is 24.0 Å². The number of nitrogens with one attached hydrogen (secondary N) is 2. The zero-order chi connectivity index (χ0) is 17.1. The summed E-state index contributed by atoms with van der Waals surface area (Å²) in [5.41, 5.74) is 1.01. The van der Waals surface area contributed by atoms with E-state index in [-0.39, 0.29) is 5.56 Å². The van der Waals surface area contributed by atoms with Crippen molar-refractivity contribution < 1.29 is 9.53 Å². The fourth-order valence-corrected chi connectivity index (χ4v) is 2.54. The molecule has 0 atom stereocenters. The van der Waals surface area contributed by atoms with Crippen LogP contribution in [-0.4, -0.2) is 17.7 Å². The largest absolute Gasteiger partial charge is 0.495 e. The summed E-state index contributed by atoms with van der Waals surface area (Å²) in [5.74, 6) is 0.568. The Kier molecular flexibility index (Phi) is 4.20. The van der Waals surface area contributed by atoms with Gasteiger partial charge in [0.1, 0.15) is 5.75 Å². The number of anilines is 2. The number of hydrogen-bond acceptors (Lipinski definition) is 3. The predicted molar refractivity (Wildman–Crippen MR) is 94.8 cm³/mol. The molecule has 0 aliphatic carbocycles. The van der Waals surface area contributed by atoms with E-state index in [2.05, 4.69) is 10.6 Å². The molecule has 6 nitrogen and oxygen atoms in total. The Bertz CT molecular complexity index is 963. The zero-order valence-corrected chi connectivity index (χ0v) is 13.4. The van der Waals surface area contributed by atoms with Crippen LogP contribution in [0.3, 0.4) is 0 Å². The number of methoxy groups -OCH3 is 1. The molecule has 0 bridgehead atoms. The number of nitrogens with zero attached hydrogens (tertiary/aromatic N) is 1. The van der Waals surface area contributed by atoms with Crippen molar-refractivity contribution in [1.29, 1.82) is 0 Å². The normalized spacial score (nSPS) is 10.4. The van der Waals surface area contributed by atoms with Gasteiger partial charge in [0.25, 0.3) is 5.56 Å². The van der Waals surface area contributed by atoms with Crippen LogP contribution in [0.4, 0.5) is 16.2 Å². The molecule has 0 saturated heterocycles. The highest BCUT2D eigenvalue weighted by Gasteiger charge is 2.11. The minimum atomic E-state index is -0.414. The van der Waals surface area contributed by atoms with E-state index in [1.807, 2.05) is 12.1 Å². The van der Waals surface area contributed by atoms with E-state index in [0.717, 1.165) is 0 Å². The first-order valence-corrected chi connectivity index (χ1v) is 7.39. The van der Waals surface area contributed by atoms with Crippen LogP contribution in [0.15, 0.2) is 59.5 Å². The van der Waals surface area contributed by atoms with Gasteiger partial charge in [0.15, 0.2) is 0 Å². The van der Waals surface area contributed by atoms with Gasteiger partial charge in [-0.25, -0.2) is 4.79 Å². The molecule has 0 aliphatic heterocycles. The van der Waals surface area contributed by atoms with E-state index in [4.69, 9.17) is 4.74 Å². The van der Waals surface area contributed by atoms with Crippen molar-refractivity contribution >= 4 is 28.2 Å². The van der Waals surface area contributed by atoms with Crippen LogP contribution in [0.1, 0.15) is 0 Å². The average molecular weight is 323 g/mol. The summed E-state index contributed by atoms with van der Waals surface area (Å²) in [6, 6.07) is 13.9. The maximum absolute atomic E-state index is 12.3. The maximum atomic E-state index is 12.3. The van der Waals surface area contributed by atoms with Gasteiger partial charge < -0.3 is 19.9 Å². The van der Waals surface area contributed by atoms with Crippen LogP contribution in [-0.2, 0) is 7.05 Å². The number of carbonyl (C=O) groups excluding carboxylic acids is 1. The molecular formula is C18H17N3O3. The van der Waals surface area contributed by atoms with Crippen LogP contribution >= 0.6 is 0 Å². The second kappa shape index (κ2) is 6.45. The summed E-state index contributed by atoms with van der Waals surface area (Å²) < 4.78 is 6.66. The number of benzene rings is 2. The Balaban J connectivity index is 1.91. The smallest absolute Gasteiger partial charge is 0.323 e. The molecule has 1 heterocycles. The van der Waals surface area contributed by atoms with Crippen LogP contribution in [0, 0.1) is 0 Å². The second-order valence-corrected chi connectivity index (χ2v) is 5.28. The summed E-state index contributed by atoms with van der Waals surface area (Å²) in [7, 11) is 3.19. The third kappa shape index (κ3) is 2.94. The van der Waals surface area contributed by atoms with Crippen molar-refractivity contribution in [3.05, 3.63) is 65.1 Å². The van der Waals surface area contributed by atoms with E-state index < -0.39 is 6.03 Å². The minimum absolute atomic E-state index is 0.110. The first-order valence-electron chi connectivity index (χ1n) is 7.39. The lowest BCUT2D eigenvalue weighted by Crippen LogP contribution is -2.23. The highest BCUT2D eigenvalue weighted by atomic mass is 16.5. The van der Waals surface area contributed by atoms with E-state index in [1.165, 1.54) is 4.57 Å². The molecule has 24 heavy (non-hydrogen) atoms. The lowest BCUT2D eigenvalue weighted by Gasteiger charge is -2.13. The number of rotatable bonds is 3. The lowest BCUT2D eigenvalue weighted by molar-refractivity contribution is 0.262. The SMILES string of the molecule is COc1ccccc1NC(=O)Nc1cn(C)c(=O)c2ccccc12. The van der Waals surface area contributed by atoms with Gasteiger partial charge in [-0.1, -0.05) is 30.3 Å². The summed E-state index contributed by atoms with van der Waals surface area (Å²) in [6.07, 6.45) is 1.60. The Morgan fingerprint density at radius 3 is 2.33 bits per heavy atom. The van der Waals surface area contributed by atoms with Crippen LogP contribution in [0.5, 0.6) is 5.75 Å². The molecule has 0 unspecified atom stereocenters. The Morgan fingerprint density at radius 2 is 1.58 bits per heavy atom. The molecule has 0 spiro atoms. The van der Waals surface area contributed by atoms with Gasteiger partial charge in [-0.15, -0.1) is 0 Å². The molecule has 122 valence electrons. The third-order valence-electron chi connectivity index (χ3n) is 3.69. The van der Waals surface area contributed by atoms with Gasteiger partial charge >= 0.3 is 6.03 Å². The molecule has 0 aliphatic rings. The molecule has 2 aromatic carbocycles. The minimum Gasteiger partial charge on any atom is -0.495 e. The molecular weight excluding hydrogens is 306 g/mol. The number of carbonyl (C=O) groups is 1. The summed E-state index contributed by atoms with van der Waals surface area (Å²) in [5, 5.41) is 6.78. The Morgan fingerprint density at radius 1 is 0.958 bits per heavy atom. The van der Waals surface area contributed by atoms with Gasteiger partial charge in [-0.3, -0.25) is 4.79 Å². The number of amides is 2. The number of pyridine rings is 1. The molecule has 3 rings (SSSR count). The van der Waals surface area contributed by atoms with Crippen LogP contribution < -0.4 is 20.9 Å². The second-order valence-electron chi connectivity index (χ2n) is 5.28. The monoisotopic (exact) mass is 323 g/mol. The zero-order valence-electron chi connectivity index (χ0n) is 13.4. The quantitative estimate of drug-likeness (QED) is 0.777. The molecule has 6 heteroatoms. The lowest BCUT2D eigenvalue weighted by atomic mass is 10.1. The van der Waals surface area contributed by atoms with Gasteiger partial charge in [0.05, 0.1) is 18.5 Å². The molecule has 2 N–H and O–H groups in total. The molecule has 2 amide bonds. The Labute approximate surface area is 138 Å². The number of aryl methyl sites for hydroxylation is 1. The first kappa shape index (κ1) is 15.6. The molecule has 0 saturated carbocycles. The molecule has 1 aromatic heterocycles. The molecule has 0 fully saturated rings. The number of urea groups is 1. The molecule has 3 aromatic rings. The standard InChI is InChI=1S/C18H17N3O3/c1-21-11-15(12-7-3-4-8-13(12)17(21)22)20-18(23)19-14-9-5-6-10-16(14)24-2/h3-11H,1-2H3,(H2,19,20,23). The van der Waals surface area contributed by atoms with Crippen molar-refractivity contribution in [3.8, 4) is 5.75 Å². The summed E-state index contributed by atoms with van der Waals surface area (Å²) in [4.78, 5) is 24.5. The van der Waals surface area contributed by atoms with Gasteiger partial charge in [-0.05, 0) is 18.2 Å². The maximum Gasteiger partial charge on any atom is 0.323 e. The molecule has 0 radical (unpaired) electrons. The van der Waals surface area contributed by atoms with E-state index in [1.54, 1.807) is 56.8 Å². The summed E-state index contributed by atoms with van der Waals surface area (Å²) in [6.45, 7) is 0. The number of hydrogen-bond donors (Lipinski definition) is 2. The van der Waals surface area contributed by atoms with Crippen molar-refractivity contribution in [2.45, 2.75) is 0 Å². The number of fused-ring (bicyclic) bond motifs is 1. The number of aromatic nitrogens is 1. The third-order valence-corrected chi connectivity index (χ3v) is 3.69. The van der Waals surface area contributed by atoms with Gasteiger partial charge in [-0.2, -0.15) is 0 Å². The van der Waals surface area contributed by atoms with Crippen molar-refractivity contribution in [2.24, 2.45) is 7.05 Å². The van der Waals surface area contributed by atoms with E-state index >= 15 is 0 Å². The topological polar surface area (TPSA) is 72.4 Å². The fraction of sp³-hybridized carbons (Fsp3) is 0.111.